The van der Waals surface area contributed by atoms with Crippen molar-refractivity contribution in [3.63, 3.8) is 0 Å². The first-order chi connectivity index (χ1) is 21.7. The summed E-state index contributed by atoms with van der Waals surface area (Å²) >= 11 is 1.51. The molecule has 47 heavy (non-hydrogen) atoms. The molecule has 6 aromatic carbocycles. The van der Waals surface area contributed by atoms with E-state index in [4.69, 9.17) is 0 Å². The molecule has 0 saturated heterocycles. The predicted molar refractivity (Wildman–Crippen MR) is 189 cm³/mol. The largest absolute Gasteiger partial charge is 1.00 e. The van der Waals surface area contributed by atoms with Crippen LogP contribution in [-0.2, 0) is 41.5 Å². The van der Waals surface area contributed by atoms with E-state index in [1.54, 1.807) is 0 Å². The second-order valence-corrected chi connectivity index (χ2v) is 14.6. The van der Waals surface area contributed by atoms with Crippen LogP contribution >= 0.6 is 0 Å². The molecule has 0 radical (unpaired) electrons. The smallest absolute Gasteiger partial charge is 0.172 e. The van der Waals surface area contributed by atoms with Gasteiger partial charge in [0.25, 0.3) is 0 Å². The summed E-state index contributed by atoms with van der Waals surface area (Å²) in [4.78, 5) is 0. The van der Waals surface area contributed by atoms with Gasteiger partial charge in [-0.3, -0.25) is 0 Å². The van der Waals surface area contributed by atoms with Gasteiger partial charge in [-0.2, -0.15) is 42.0 Å². The maximum Gasteiger partial charge on any atom is -0.172 e. The van der Waals surface area contributed by atoms with Crippen molar-refractivity contribution in [1.82, 2.24) is 0 Å². The molecule has 0 atom stereocenters. The van der Waals surface area contributed by atoms with Crippen LogP contribution < -0.4 is 24.8 Å². The van der Waals surface area contributed by atoms with Crippen LogP contribution in [0.25, 0.3) is 11.1 Å². The minimum Gasteiger partial charge on any atom is -1.00 e. The third-order valence-electron chi connectivity index (χ3n) is 8.94. The van der Waals surface area contributed by atoms with Crippen molar-refractivity contribution >= 4 is 3.21 Å². The van der Waals surface area contributed by atoms with Gasteiger partial charge >= 0.3 is 70.3 Å². The molecular formula is C44H42Cl2Zr-2. The molecule has 0 spiro atoms. The molecule has 3 heteroatoms. The zero-order valence-corrected chi connectivity index (χ0v) is 31.9. The van der Waals surface area contributed by atoms with Gasteiger partial charge in [-0.1, -0.05) is 112 Å². The minimum atomic E-state index is -0.0640. The monoisotopic (exact) mass is 730 g/mol. The molecule has 0 heterocycles. The van der Waals surface area contributed by atoms with Gasteiger partial charge in [0.1, 0.15) is 0 Å². The molecule has 0 N–H and O–H groups in total. The van der Waals surface area contributed by atoms with E-state index in [0.717, 1.165) is 6.42 Å². The van der Waals surface area contributed by atoms with Crippen molar-refractivity contribution in [2.24, 2.45) is 0 Å². The van der Waals surface area contributed by atoms with Crippen LogP contribution in [0.2, 0.25) is 0 Å². The summed E-state index contributed by atoms with van der Waals surface area (Å²) in [7, 11) is 0. The molecule has 1 aliphatic rings. The second kappa shape index (κ2) is 17.3. The third kappa shape index (κ3) is 9.23. The number of hydrogen-bond acceptors (Lipinski definition) is 0. The number of hydrogen-bond donors (Lipinski definition) is 0. The summed E-state index contributed by atoms with van der Waals surface area (Å²) in [6, 6.07) is 57.4. The molecule has 0 aliphatic heterocycles. The molecule has 0 amide bonds. The Kier molecular flexibility index (Phi) is 14.0. The van der Waals surface area contributed by atoms with E-state index >= 15 is 0 Å². The van der Waals surface area contributed by atoms with Gasteiger partial charge in [0, 0.05) is 5.41 Å². The molecule has 0 unspecified atom stereocenters. The minimum absolute atomic E-state index is 0. The standard InChI is InChI=1S/C31H29.C8H8.C5H5.2ClH.Zr/c1-30(2,24-11-7-5-8-12-24)26-15-17-28-22(20-26)19-23-21-27(16-18-29(23)28)31(3,4)25-13-9-6-10-14-25;1-2-8-6-4-3-5-7-8;1-2-4-5-3-1;;;/h5-18,20H,19H2,1-4H3;3-7H,1H3;1-5H;2*1H;/q-1;;-1;;;+2/p-2. The molecule has 0 fully saturated rings. The van der Waals surface area contributed by atoms with E-state index in [1.165, 1.54) is 77.5 Å². The van der Waals surface area contributed by atoms with Crippen molar-refractivity contribution in [2.45, 2.75) is 51.9 Å². The maximum atomic E-state index is 3.80. The van der Waals surface area contributed by atoms with Crippen molar-refractivity contribution in [2.75, 3.05) is 0 Å². The molecule has 1 aliphatic carbocycles. The van der Waals surface area contributed by atoms with E-state index in [2.05, 4.69) is 156 Å². The molecule has 0 nitrogen and oxygen atoms in total. The molecule has 6 aromatic rings. The molecule has 238 valence electrons. The topological polar surface area (TPSA) is 0 Å². The van der Waals surface area contributed by atoms with Crippen LogP contribution in [0.3, 0.4) is 0 Å². The quantitative estimate of drug-likeness (QED) is 0.221. The first-order valence-corrected chi connectivity index (χ1v) is 17.0. The molecular weight excluding hydrogens is 691 g/mol. The maximum absolute atomic E-state index is 3.80. The van der Waals surface area contributed by atoms with Crippen molar-refractivity contribution < 1.29 is 49.0 Å². The van der Waals surface area contributed by atoms with Gasteiger partial charge in [-0.05, 0) is 34.1 Å². The first-order valence-electron chi connectivity index (χ1n) is 15.8. The fourth-order valence-electron chi connectivity index (χ4n) is 5.92. The van der Waals surface area contributed by atoms with Gasteiger partial charge in [-0.25, -0.2) is 12.1 Å². The Labute approximate surface area is 309 Å². The van der Waals surface area contributed by atoms with Crippen LogP contribution in [0.15, 0.2) is 152 Å². The van der Waals surface area contributed by atoms with Gasteiger partial charge < -0.3 is 24.8 Å². The number of halogens is 2. The van der Waals surface area contributed by atoms with E-state index in [1.807, 2.05) is 36.4 Å². The zero-order valence-electron chi connectivity index (χ0n) is 27.9. The Morgan fingerprint density at radius 3 is 1.60 bits per heavy atom. The van der Waals surface area contributed by atoms with Crippen LogP contribution in [0.1, 0.15) is 73.6 Å². The number of benzene rings is 5. The normalized spacial score (nSPS) is 11.2. The Balaban J connectivity index is 0.000000312. The predicted octanol–water partition coefficient (Wildman–Crippen LogP) is 4.90. The third-order valence-corrected chi connectivity index (χ3v) is 9.65. The van der Waals surface area contributed by atoms with Crippen molar-refractivity contribution in [1.29, 1.82) is 0 Å². The van der Waals surface area contributed by atoms with Gasteiger partial charge in [-0.15, -0.1) is 11.1 Å². The van der Waals surface area contributed by atoms with E-state index in [9.17, 15) is 0 Å². The average Bonchev–Trinajstić information content (AvgIpc) is 3.78. The molecule has 0 bridgehead atoms. The second-order valence-electron chi connectivity index (χ2n) is 12.7. The van der Waals surface area contributed by atoms with E-state index in [-0.39, 0.29) is 35.6 Å². The summed E-state index contributed by atoms with van der Waals surface area (Å²) < 4.78 is 1.46. The summed E-state index contributed by atoms with van der Waals surface area (Å²) in [5.74, 6) is 0. The van der Waals surface area contributed by atoms with Crippen LogP contribution in [0.5, 0.6) is 0 Å². The molecule has 7 rings (SSSR count). The SMILES string of the molecule is CC(C)(c1[c-]c2c(cc1)-c1ccc(C(C)(C)c3ccccc3)cc1C2)c1ccccc1.C[C](=[Zr+2])c1ccccc1.[Cl-].[Cl-].c1cc[cH-]c1. The van der Waals surface area contributed by atoms with Gasteiger partial charge in [0.05, 0.1) is 0 Å². The van der Waals surface area contributed by atoms with E-state index in [0.29, 0.717) is 0 Å². The van der Waals surface area contributed by atoms with Crippen LogP contribution in [-0.4, -0.2) is 3.21 Å². The summed E-state index contributed by atoms with van der Waals surface area (Å²) in [5.41, 5.74) is 12.0. The summed E-state index contributed by atoms with van der Waals surface area (Å²) in [6.45, 7) is 11.4. The van der Waals surface area contributed by atoms with Gasteiger partial charge in [0.15, 0.2) is 0 Å². The first kappa shape index (κ1) is 38.2. The summed E-state index contributed by atoms with van der Waals surface area (Å²) in [5, 5.41) is 0. The Hall–Kier alpha value is -3.22. The molecule has 0 saturated carbocycles. The average molecular weight is 733 g/mol. The summed E-state index contributed by atoms with van der Waals surface area (Å²) in [6.07, 6.45) is 0.960. The fraction of sp³-hybridized carbons (Fsp3) is 0.182. The van der Waals surface area contributed by atoms with Gasteiger partial charge in [0.2, 0.25) is 0 Å². The van der Waals surface area contributed by atoms with Crippen molar-refractivity contribution in [3.05, 3.63) is 197 Å². The number of rotatable bonds is 5. The van der Waals surface area contributed by atoms with Crippen LogP contribution in [0, 0.1) is 6.07 Å². The van der Waals surface area contributed by atoms with Crippen LogP contribution in [0.4, 0.5) is 0 Å². The van der Waals surface area contributed by atoms with E-state index < -0.39 is 0 Å². The molecule has 0 aromatic heterocycles. The Morgan fingerprint density at radius 2 is 1.11 bits per heavy atom. The number of fused-ring (bicyclic) bond motifs is 3. The fourth-order valence-corrected chi connectivity index (χ4v) is 6.33. The zero-order chi connectivity index (χ0) is 31.9. The Bertz CT molecular complexity index is 1710. The Morgan fingerprint density at radius 1 is 0.596 bits per heavy atom. The van der Waals surface area contributed by atoms with Crippen molar-refractivity contribution in [3.8, 4) is 11.1 Å².